The van der Waals surface area contributed by atoms with Crippen LogP contribution in [0.2, 0.25) is 0 Å². The van der Waals surface area contributed by atoms with Crippen molar-refractivity contribution in [2.24, 2.45) is 0 Å². The molecule has 0 rings (SSSR count). The van der Waals surface area contributed by atoms with Gasteiger partial charge in [0.25, 0.3) is 0 Å². The van der Waals surface area contributed by atoms with Crippen molar-refractivity contribution in [3.8, 4) is 0 Å². The maximum Gasteiger partial charge on any atom is 0.306 e. The van der Waals surface area contributed by atoms with Gasteiger partial charge in [-0.3, -0.25) is 9.59 Å². The van der Waals surface area contributed by atoms with E-state index in [0.29, 0.717) is 23.9 Å². The van der Waals surface area contributed by atoms with Crippen molar-refractivity contribution in [2.45, 2.75) is 347 Å². The van der Waals surface area contributed by atoms with Gasteiger partial charge in [0.2, 0.25) is 0 Å². The Kier molecular flexibility index (Phi) is 67.1. The van der Waals surface area contributed by atoms with Crippen molar-refractivity contribution < 1.29 is 42.9 Å². The average molecular weight is 1250 g/mol. The Morgan fingerprint density at radius 2 is 0.640 bits per heavy atom. The number of carbonyl (C=O) groups is 3. The van der Waals surface area contributed by atoms with E-state index >= 15 is 0 Å². The molecule has 0 heterocycles. The van der Waals surface area contributed by atoms with E-state index in [0.717, 1.165) is 83.5 Å². The Hall–Kier alpha value is -3.79. The summed E-state index contributed by atoms with van der Waals surface area (Å²) in [5.74, 6) is -2.27. The number of hydrogen-bond acceptors (Lipinski definition) is 8. The minimum Gasteiger partial charge on any atom is -0.545 e. The van der Waals surface area contributed by atoms with E-state index in [1.165, 1.54) is 218 Å². The number of aliphatic carboxylic acids is 1. The van der Waals surface area contributed by atoms with E-state index in [2.05, 4.69) is 111 Å². The zero-order chi connectivity index (χ0) is 64.7. The second-order valence-electron chi connectivity index (χ2n) is 26.2. The number of likely N-dealkylation sites (N-methyl/N-ethyl adjacent to an activating group) is 1. The first-order chi connectivity index (χ1) is 43.6. The Morgan fingerprint density at radius 3 is 0.955 bits per heavy atom. The first kappa shape index (κ1) is 85.2. The number of carbonyl (C=O) groups excluding carboxylic acids is 3. The summed E-state index contributed by atoms with van der Waals surface area (Å²) in [5.41, 5.74) is 0. The molecule has 9 nitrogen and oxygen atoms in total. The summed E-state index contributed by atoms with van der Waals surface area (Å²) in [4.78, 5) is 37.6. The number of quaternary nitrogens is 1. The van der Waals surface area contributed by atoms with Crippen molar-refractivity contribution in [1.82, 2.24) is 0 Å². The highest BCUT2D eigenvalue weighted by molar-refractivity contribution is 5.70. The fraction of sp³-hybridized carbons (Fsp3) is 0.762. The van der Waals surface area contributed by atoms with Crippen LogP contribution in [0.3, 0.4) is 0 Å². The Labute approximate surface area is 550 Å². The zero-order valence-electron chi connectivity index (χ0n) is 58.8. The molecule has 89 heavy (non-hydrogen) atoms. The summed E-state index contributed by atoms with van der Waals surface area (Å²) >= 11 is 0. The molecule has 0 radical (unpaired) electrons. The number of carboxylic acids is 1. The normalized spacial score (nSPS) is 13.2. The second kappa shape index (κ2) is 70.1. The smallest absolute Gasteiger partial charge is 0.306 e. The predicted octanol–water partition coefficient (Wildman–Crippen LogP) is 22.3. The molecule has 0 saturated carbocycles. The van der Waals surface area contributed by atoms with E-state index < -0.39 is 24.3 Å². The molecular weight excluding hydrogens is 1100 g/mol. The van der Waals surface area contributed by atoms with Crippen LogP contribution in [0.4, 0.5) is 0 Å². The van der Waals surface area contributed by atoms with Crippen LogP contribution in [0.5, 0.6) is 0 Å². The quantitative estimate of drug-likeness (QED) is 0.0195. The summed E-state index contributed by atoms with van der Waals surface area (Å²) in [7, 11) is 5.94. The fourth-order valence-electron chi connectivity index (χ4n) is 10.6. The summed E-state index contributed by atoms with van der Waals surface area (Å²) in [5, 5.41) is 11.8. The lowest BCUT2D eigenvalue weighted by Gasteiger charge is -2.26. The van der Waals surface area contributed by atoms with Gasteiger partial charge in [-0.15, -0.1) is 0 Å². The van der Waals surface area contributed by atoms with Crippen molar-refractivity contribution in [3.63, 3.8) is 0 Å². The number of ether oxygens (including phenoxy) is 4. The highest BCUT2D eigenvalue weighted by Crippen LogP contribution is 2.18. The summed E-state index contributed by atoms with van der Waals surface area (Å²) in [6.45, 7) is 4.66. The minimum atomic E-state index is -1.62. The number of allylic oxidation sites excluding steroid dienone is 16. The lowest BCUT2D eigenvalue weighted by Crippen LogP contribution is -2.44. The largest absolute Gasteiger partial charge is 0.545 e. The van der Waals surface area contributed by atoms with Crippen LogP contribution in [0.15, 0.2) is 97.2 Å². The van der Waals surface area contributed by atoms with Crippen molar-refractivity contribution in [1.29, 1.82) is 0 Å². The van der Waals surface area contributed by atoms with Gasteiger partial charge in [0.1, 0.15) is 13.2 Å². The topological polar surface area (TPSA) is 111 Å². The molecule has 0 aliphatic rings. The number of esters is 2. The molecule has 0 bridgehead atoms. The summed E-state index contributed by atoms with van der Waals surface area (Å²) in [6.07, 6.45) is 93.6. The number of carboxylic acid groups (broad SMARTS) is 1. The van der Waals surface area contributed by atoms with Gasteiger partial charge in [0.05, 0.1) is 40.3 Å². The Morgan fingerprint density at radius 1 is 0.348 bits per heavy atom. The summed E-state index contributed by atoms with van der Waals surface area (Å²) in [6, 6.07) is 0. The number of nitrogens with zero attached hydrogens (tertiary/aromatic N) is 1. The van der Waals surface area contributed by atoms with Crippen molar-refractivity contribution in [2.75, 3.05) is 47.5 Å². The molecule has 0 fully saturated rings. The van der Waals surface area contributed by atoms with Crippen LogP contribution in [0.25, 0.3) is 0 Å². The van der Waals surface area contributed by atoms with Gasteiger partial charge in [-0.2, -0.15) is 0 Å². The lowest BCUT2D eigenvalue weighted by atomic mass is 10.0. The average Bonchev–Trinajstić information content (AvgIpc) is 3.64. The lowest BCUT2D eigenvalue weighted by molar-refractivity contribution is -0.870. The number of hydrogen-bond donors (Lipinski definition) is 0. The molecular formula is C80H141NO8. The van der Waals surface area contributed by atoms with Crippen LogP contribution in [-0.2, 0) is 33.3 Å². The van der Waals surface area contributed by atoms with Gasteiger partial charge in [0.15, 0.2) is 12.4 Å². The fourth-order valence-corrected chi connectivity index (χ4v) is 10.6. The van der Waals surface area contributed by atoms with Gasteiger partial charge < -0.3 is 33.3 Å². The van der Waals surface area contributed by atoms with Crippen LogP contribution in [-0.4, -0.2) is 82.3 Å². The van der Waals surface area contributed by atoms with Crippen molar-refractivity contribution in [3.05, 3.63) is 97.2 Å². The van der Waals surface area contributed by atoms with Crippen LogP contribution in [0, 0.1) is 0 Å². The van der Waals surface area contributed by atoms with E-state index in [-0.39, 0.29) is 32.2 Å². The van der Waals surface area contributed by atoms with Gasteiger partial charge >= 0.3 is 11.9 Å². The molecule has 0 aromatic rings. The van der Waals surface area contributed by atoms with E-state index in [9.17, 15) is 19.5 Å². The standard InChI is InChI=1S/C80H141NO8/c1-6-8-10-12-14-16-18-20-22-24-26-28-30-32-34-36-37-38-39-40-41-43-45-47-49-51-53-55-57-59-61-63-65-67-69-71-78(83)89-76(75-88-80(79(84)85)86-73-72-81(3,4)5)74-87-77(82)70-68-66-64-62-60-58-56-54-52-50-48-46-44-42-35-33-31-29-27-25-23-21-19-17-15-13-11-9-7-2/h8,10,14,16,19-22,25-28,32,34,37-38,76,80H,6-7,9,11-13,15,17-18,23-24,29-31,33,35-36,39-75H2,1-5H3/b10-8-,16-14-,21-19-,22-20-,27-25-,28-26-,34-32-,38-37-. The third-order valence-corrected chi connectivity index (χ3v) is 16.3. The van der Waals surface area contributed by atoms with Gasteiger partial charge in [0, 0.05) is 12.8 Å². The van der Waals surface area contributed by atoms with Gasteiger partial charge in [-0.25, -0.2) is 0 Å². The zero-order valence-corrected chi connectivity index (χ0v) is 58.8. The Balaban J connectivity index is 4.06. The molecule has 0 spiro atoms. The van der Waals surface area contributed by atoms with E-state index in [4.69, 9.17) is 18.9 Å². The molecule has 0 aromatic carbocycles. The maximum absolute atomic E-state index is 13.0. The molecule has 0 aliphatic heterocycles. The minimum absolute atomic E-state index is 0.146. The molecule has 0 saturated heterocycles. The molecule has 0 N–H and O–H groups in total. The van der Waals surface area contributed by atoms with Crippen LogP contribution in [0.1, 0.15) is 335 Å². The molecule has 514 valence electrons. The first-order valence-corrected chi connectivity index (χ1v) is 37.4. The van der Waals surface area contributed by atoms with E-state index in [1.807, 2.05) is 21.1 Å². The number of rotatable bonds is 69. The first-order valence-electron chi connectivity index (χ1n) is 37.4. The molecule has 2 atom stereocenters. The molecule has 0 aliphatic carbocycles. The highest BCUT2D eigenvalue weighted by atomic mass is 16.7. The maximum atomic E-state index is 13.0. The van der Waals surface area contributed by atoms with E-state index in [1.54, 1.807) is 0 Å². The predicted molar refractivity (Wildman–Crippen MR) is 380 cm³/mol. The molecule has 2 unspecified atom stereocenters. The van der Waals surface area contributed by atoms with Crippen LogP contribution < -0.4 is 5.11 Å². The van der Waals surface area contributed by atoms with Crippen molar-refractivity contribution >= 4 is 17.9 Å². The van der Waals surface area contributed by atoms with Gasteiger partial charge in [-0.1, -0.05) is 323 Å². The Bertz CT molecular complexity index is 1790. The second-order valence-corrected chi connectivity index (χ2v) is 26.2. The molecule has 0 amide bonds. The molecule has 0 aromatic heterocycles. The summed E-state index contributed by atoms with van der Waals surface area (Å²) < 4.78 is 22.8. The van der Waals surface area contributed by atoms with Crippen LogP contribution >= 0.6 is 0 Å². The molecule has 9 heteroatoms. The SMILES string of the molecule is CC/C=C\C/C=C\C/C=C\C/C=C\C/C=C\C/C=C\CCCCCCCCCCCCCCCCCCC(=O)OC(COC(=O)CCCCCCCCCCCCCCCCCCC/C=C\C/C=C\CCCCCCC)COC(OCC[N+](C)(C)C)C(=O)[O-]. The third-order valence-electron chi connectivity index (χ3n) is 16.3. The number of unbranched alkanes of at least 4 members (excludes halogenated alkanes) is 38. The van der Waals surface area contributed by atoms with Gasteiger partial charge in [-0.05, 0) is 96.3 Å². The highest BCUT2D eigenvalue weighted by Gasteiger charge is 2.22. The third kappa shape index (κ3) is 71.5. The monoisotopic (exact) mass is 1240 g/mol.